The molecule has 36 heavy (non-hydrogen) atoms. The van der Waals surface area contributed by atoms with Crippen LogP contribution in [0.25, 0.3) is 0 Å². The lowest BCUT2D eigenvalue weighted by molar-refractivity contribution is -0.133. The topological polar surface area (TPSA) is 94.2 Å². The molecule has 3 aliphatic heterocycles. The number of piperazine rings is 1. The van der Waals surface area contributed by atoms with Crippen LogP contribution in [0.5, 0.6) is 0 Å². The first kappa shape index (κ1) is 26.4. The van der Waals surface area contributed by atoms with Gasteiger partial charge in [-0.15, -0.1) is 0 Å². The highest BCUT2D eigenvalue weighted by Crippen LogP contribution is 2.29. The van der Waals surface area contributed by atoms with Gasteiger partial charge in [-0.2, -0.15) is 0 Å². The van der Waals surface area contributed by atoms with Crippen molar-refractivity contribution in [1.29, 1.82) is 0 Å². The molecule has 4 rings (SSSR count). The van der Waals surface area contributed by atoms with Crippen molar-refractivity contribution in [2.24, 2.45) is 0 Å². The minimum atomic E-state index is -0.449. The lowest BCUT2D eigenvalue weighted by Crippen LogP contribution is -2.51. The molecule has 9 nitrogen and oxygen atoms in total. The third-order valence-corrected chi connectivity index (χ3v) is 7.31. The van der Waals surface area contributed by atoms with Crippen molar-refractivity contribution < 1.29 is 19.1 Å². The second-order valence-corrected chi connectivity index (χ2v) is 11.2. The summed E-state index contributed by atoms with van der Waals surface area (Å²) >= 11 is 0. The summed E-state index contributed by atoms with van der Waals surface area (Å²) in [7, 11) is 0. The third kappa shape index (κ3) is 7.43. The maximum absolute atomic E-state index is 12.3. The number of hydrogen-bond acceptors (Lipinski definition) is 7. The Balaban J connectivity index is 1.14. The van der Waals surface area contributed by atoms with Crippen LogP contribution in [0.3, 0.4) is 0 Å². The van der Waals surface area contributed by atoms with Gasteiger partial charge >= 0.3 is 6.09 Å². The van der Waals surface area contributed by atoms with Gasteiger partial charge in [0.05, 0.1) is 0 Å². The van der Waals surface area contributed by atoms with Crippen molar-refractivity contribution in [3.8, 4) is 0 Å². The van der Waals surface area contributed by atoms with E-state index in [1.54, 1.807) is 0 Å². The van der Waals surface area contributed by atoms with Gasteiger partial charge in [-0.25, -0.2) is 4.79 Å². The molecule has 1 aromatic carbocycles. The van der Waals surface area contributed by atoms with Crippen molar-refractivity contribution in [1.82, 2.24) is 20.0 Å². The Morgan fingerprint density at radius 1 is 0.944 bits per heavy atom. The molecule has 1 atom stereocenters. The van der Waals surface area contributed by atoms with E-state index in [0.717, 1.165) is 70.9 Å². The highest BCUT2D eigenvalue weighted by Gasteiger charge is 2.28. The minimum absolute atomic E-state index is 0.194. The number of nitrogens with one attached hydrogen (secondary N) is 2. The summed E-state index contributed by atoms with van der Waals surface area (Å²) < 4.78 is 5.49. The van der Waals surface area contributed by atoms with Crippen LogP contribution in [0.4, 0.5) is 10.5 Å². The fourth-order valence-electron chi connectivity index (χ4n) is 5.14. The lowest BCUT2D eigenvalue weighted by atomic mass is 9.89. The summed E-state index contributed by atoms with van der Waals surface area (Å²) in [5.41, 5.74) is 1.81. The molecule has 3 amide bonds. The molecule has 3 fully saturated rings. The zero-order valence-corrected chi connectivity index (χ0v) is 21.9. The van der Waals surface area contributed by atoms with E-state index in [1.807, 2.05) is 37.8 Å². The molecule has 0 radical (unpaired) electrons. The van der Waals surface area contributed by atoms with E-state index < -0.39 is 5.60 Å². The molecule has 0 saturated carbocycles. The first-order valence-electron chi connectivity index (χ1n) is 13.3. The Morgan fingerprint density at radius 3 is 2.14 bits per heavy atom. The summed E-state index contributed by atoms with van der Waals surface area (Å²) in [6.45, 7) is 13.3. The van der Waals surface area contributed by atoms with Crippen molar-refractivity contribution in [3.05, 3.63) is 29.8 Å². The first-order chi connectivity index (χ1) is 17.2. The average molecular weight is 500 g/mol. The third-order valence-electron chi connectivity index (χ3n) is 7.31. The molecule has 3 aliphatic rings. The van der Waals surface area contributed by atoms with Gasteiger partial charge in [0.25, 0.3) is 0 Å². The second kappa shape index (κ2) is 11.6. The van der Waals surface area contributed by atoms with Crippen molar-refractivity contribution in [2.75, 3.05) is 57.7 Å². The van der Waals surface area contributed by atoms with Crippen LogP contribution in [0.1, 0.15) is 57.9 Å². The zero-order valence-electron chi connectivity index (χ0n) is 21.9. The maximum atomic E-state index is 12.3. The summed E-state index contributed by atoms with van der Waals surface area (Å²) in [5.74, 6) is 0.122. The normalized spacial score (nSPS) is 22.9. The number of imide groups is 1. The molecular formula is C27H41N5O4. The molecule has 198 valence electrons. The number of ether oxygens (including phenoxy) is 1. The SMILES string of the molecule is CC(C)(C)OC(=O)N1CCN(CCN2CCC(c3ccc(NC4CCC(=O)NC4=O)cc3)CC2)CC1. The summed E-state index contributed by atoms with van der Waals surface area (Å²) in [5, 5.41) is 5.64. The van der Waals surface area contributed by atoms with Crippen LogP contribution in [-0.2, 0) is 14.3 Å². The predicted octanol–water partition coefficient (Wildman–Crippen LogP) is 2.64. The Bertz CT molecular complexity index is 913. The average Bonchev–Trinajstić information content (AvgIpc) is 2.84. The Morgan fingerprint density at radius 2 is 1.56 bits per heavy atom. The first-order valence-corrected chi connectivity index (χ1v) is 13.3. The van der Waals surface area contributed by atoms with Crippen molar-refractivity contribution in [2.45, 2.75) is 64.0 Å². The van der Waals surface area contributed by atoms with Gasteiger partial charge in [0.1, 0.15) is 11.6 Å². The van der Waals surface area contributed by atoms with Gasteiger partial charge in [0.15, 0.2) is 0 Å². The fraction of sp³-hybridized carbons (Fsp3) is 0.667. The van der Waals surface area contributed by atoms with Gasteiger partial charge in [0, 0.05) is 51.4 Å². The highest BCUT2D eigenvalue weighted by atomic mass is 16.6. The lowest BCUT2D eigenvalue weighted by Gasteiger charge is -2.37. The summed E-state index contributed by atoms with van der Waals surface area (Å²) in [4.78, 5) is 42.4. The molecule has 1 aromatic rings. The number of anilines is 1. The number of hydrogen-bond donors (Lipinski definition) is 2. The molecule has 9 heteroatoms. The van der Waals surface area contributed by atoms with E-state index >= 15 is 0 Å². The van der Waals surface area contributed by atoms with Crippen LogP contribution in [0.2, 0.25) is 0 Å². The predicted molar refractivity (Wildman–Crippen MR) is 139 cm³/mol. The molecule has 0 aliphatic carbocycles. The molecule has 0 spiro atoms. The molecular weight excluding hydrogens is 458 g/mol. The Hall–Kier alpha value is -2.65. The number of carbonyl (C=O) groups excluding carboxylic acids is 3. The maximum Gasteiger partial charge on any atom is 0.410 e. The molecule has 3 saturated heterocycles. The zero-order chi connectivity index (χ0) is 25.7. The standard InChI is InChI=1S/C27H41N5O4/c1-27(2,3)36-26(35)32-18-16-31(17-19-32)15-14-30-12-10-21(11-13-30)20-4-6-22(7-5-20)28-23-8-9-24(33)29-25(23)34/h4-7,21,23,28H,8-19H2,1-3H3,(H,29,33,34). The number of piperidine rings is 2. The molecule has 1 unspecified atom stereocenters. The molecule has 2 N–H and O–H groups in total. The van der Waals surface area contributed by atoms with E-state index in [2.05, 4.69) is 32.6 Å². The summed E-state index contributed by atoms with van der Waals surface area (Å²) in [6, 6.07) is 8.07. The number of amides is 3. The van der Waals surface area contributed by atoms with Gasteiger partial charge in [-0.05, 0) is 76.7 Å². The van der Waals surface area contributed by atoms with Crippen LogP contribution in [0.15, 0.2) is 24.3 Å². The monoisotopic (exact) mass is 499 g/mol. The van der Waals surface area contributed by atoms with E-state index in [0.29, 0.717) is 18.8 Å². The minimum Gasteiger partial charge on any atom is -0.444 e. The Labute approximate surface area is 214 Å². The van der Waals surface area contributed by atoms with Crippen LogP contribution >= 0.6 is 0 Å². The van der Waals surface area contributed by atoms with Gasteiger partial charge in [0.2, 0.25) is 11.8 Å². The van der Waals surface area contributed by atoms with Gasteiger partial charge in [-0.1, -0.05) is 12.1 Å². The summed E-state index contributed by atoms with van der Waals surface area (Å²) in [6.07, 6.45) is 3.00. The number of rotatable bonds is 6. The quantitative estimate of drug-likeness (QED) is 0.581. The number of benzene rings is 1. The fourth-order valence-corrected chi connectivity index (χ4v) is 5.14. The molecule has 3 heterocycles. The number of carbonyl (C=O) groups is 3. The van der Waals surface area contributed by atoms with E-state index in [1.165, 1.54) is 5.56 Å². The molecule has 0 aromatic heterocycles. The van der Waals surface area contributed by atoms with Crippen molar-refractivity contribution in [3.63, 3.8) is 0 Å². The number of nitrogens with zero attached hydrogens (tertiary/aromatic N) is 3. The Kier molecular flexibility index (Phi) is 8.51. The highest BCUT2D eigenvalue weighted by molar-refractivity contribution is 6.01. The smallest absolute Gasteiger partial charge is 0.410 e. The van der Waals surface area contributed by atoms with Crippen LogP contribution in [-0.4, -0.2) is 96.6 Å². The van der Waals surface area contributed by atoms with Gasteiger partial charge < -0.3 is 19.9 Å². The van der Waals surface area contributed by atoms with Crippen LogP contribution < -0.4 is 10.6 Å². The second-order valence-electron chi connectivity index (χ2n) is 11.2. The van der Waals surface area contributed by atoms with E-state index in [9.17, 15) is 14.4 Å². The van der Waals surface area contributed by atoms with Gasteiger partial charge in [-0.3, -0.25) is 19.8 Å². The molecule has 0 bridgehead atoms. The van der Waals surface area contributed by atoms with Crippen LogP contribution in [0, 0.1) is 0 Å². The van der Waals surface area contributed by atoms with E-state index in [4.69, 9.17) is 4.74 Å². The van der Waals surface area contributed by atoms with E-state index in [-0.39, 0.29) is 23.9 Å². The number of likely N-dealkylation sites (tertiary alicyclic amines) is 1. The largest absolute Gasteiger partial charge is 0.444 e. The van der Waals surface area contributed by atoms with Crippen molar-refractivity contribution >= 4 is 23.6 Å².